The van der Waals surface area contributed by atoms with Crippen LogP contribution in [0.15, 0.2) is 12.7 Å². The molecule has 0 heterocycles. The van der Waals surface area contributed by atoms with Crippen molar-refractivity contribution in [3.8, 4) is 0 Å². The summed E-state index contributed by atoms with van der Waals surface area (Å²) >= 11 is 0. The van der Waals surface area contributed by atoms with Gasteiger partial charge in [-0.05, 0) is 32.1 Å². The highest BCUT2D eigenvalue weighted by atomic mass is 16.4. The molecule has 0 rings (SSSR count). The van der Waals surface area contributed by atoms with E-state index in [2.05, 4.69) is 20.4 Å². The number of rotatable bonds is 14. The van der Waals surface area contributed by atoms with Gasteiger partial charge in [-0.3, -0.25) is 14.4 Å². The van der Waals surface area contributed by atoms with Gasteiger partial charge in [0.2, 0.25) is 5.91 Å². The van der Waals surface area contributed by atoms with Crippen molar-refractivity contribution in [3.05, 3.63) is 12.7 Å². The number of amides is 1. The Labute approximate surface area is 176 Å². The molecule has 0 aliphatic rings. The largest absolute Gasteiger partial charge is 0.481 e. The number of primary amides is 1. The second-order valence-electron chi connectivity index (χ2n) is 7.12. The first-order valence-electron chi connectivity index (χ1n) is 10.7. The first-order valence-corrected chi connectivity index (χ1v) is 10.7. The third kappa shape index (κ3) is 24.1. The molecule has 0 aromatic heterocycles. The smallest absolute Gasteiger partial charge is 0.306 e. The molecule has 0 saturated carbocycles. The average Bonchev–Trinajstić information content (AvgIpc) is 2.66. The summed E-state index contributed by atoms with van der Waals surface area (Å²) in [5.74, 6) is -1.57. The van der Waals surface area contributed by atoms with E-state index in [4.69, 9.17) is 21.7 Å². The van der Waals surface area contributed by atoms with E-state index < -0.39 is 11.9 Å². The number of carbonyl (C=O) groups is 3. The van der Waals surface area contributed by atoms with E-state index in [1.54, 1.807) is 6.08 Å². The van der Waals surface area contributed by atoms with Gasteiger partial charge in [0.25, 0.3) is 0 Å². The van der Waals surface area contributed by atoms with Gasteiger partial charge in [-0.2, -0.15) is 0 Å². The minimum Gasteiger partial charge on any atom is -0.481 e. The number of carbonyl (C=O) groups excluding carboxylic acids is 1. The Morgan fingerprint density at radius 2 is 1.21 bits per heavy atom. The summed E-state index contributed by atoms with van der Waals surface area (Å²) in [4.78, 5) is 31.1. The van der Waals surface area contributed by atoms with Crippen molar-refractivity contribution >= 4 is 17.8 Å². The molecule has 0 fully saturated rings. The van der Waals surface area contributed by atoms with Gasteiger partial charge in [0.05, 0.1) is 5.92 Å². The molecule has 0 aliphatic heterocycles. The fraction of sp³-hybridized carbons (Fsp3) is 0.773. The molecule has 0 bridgehead atoms. The fourth-order valence-corrected chi connectivity index (χ4v) is 2.62. The number of nitrogens with two attached hydrogens (primary N) is 2. The van der Waals surface area contributed by atoms with E-state index in [1.165, 1.54) is 0 Å². The highest BCUT2D eigenvalue weighted by Crippen LogP contribution is 2.13. The Bertz CT molecular complexity index is 403. The van der Waals surface area contributed by atoms with Gasteiger partial charge < -0.3 is 21.7 Å². The van der Waals surface area contributed by atoms with E-state index >= 15 is 0 Å². The third-order valence-electron chi connectivity index (χ3n) is 4.29. The zero-order valence-corrected chi connectivity index (χ0v) is 18.9. The second-order valence-corrected chi connectivity index (χ2v) is 7.12. The Hall–Kier alpha value is -1.89. The maximum absolute atomic E-state index is 10.7. The number of aliphatic carboxylic acids is 2. The van der Waals surface area contributed by atoms with Crippen LogP contribution in [0.1, 0.15) is 91.9 Å². The van der Waals surface area contributed by atoms with Crippen molar-refractivity contribution in [1.82, 2.24) is 0 Å². The van der Waals surface area contributed by atoms with Crippen molar-refractivity contribution in [2.45, 2.75) is 97.9 Å². The van der Waals surface area contributed by atoms with Crippen LogP contribution in [0.25, 0.3) is 0 Å². The third-order valence-corrected chi connectivity index (χ3v) is 4.29. The molecule has 7 heteroatoms. The van der Waals surface area contributed by atoms with Crippen LogP contribution in [0.5, 0.6) is 0 Å². The molecule has 0 aromatic rings. The lowest BCUT2D eigenvalue weighted by Gasteiger charge is -2.09. The maximum Gasteiger partial charge on any atom is 0.306 e. The van der Waals surface area contributed by atoms with Crippen LogP contribution in [0.2, 0.25) is 0 Å². The molecule has 1 amide bonds. The van der Waals surface area contributed by atoms with Crippen molar-refractivity contribution in [2.75, 3.05) is 0 Å². The lowest BCUT2D eigenvalue weighted by Crippen LogP contribution is -2.22. The Morgan fingerprint density at radius 3 is 1.45 bits per heavy atom. The van der Waals surface area contributed by atoms with Crippen molar-refractivity contribution in [3.63, 3.8) is 0 Å². The van der Waals surface area contributed by atoms with E-state index in [0.717, 1.165) is 51.4 Å². The summed E-state index contributed by atoms with van der Waals surface area (Å²) in [6.45, 7) is 11.6. The van der Waals surface area contributed by atoms with E-state index in [9.17, 15) is 14.4 Å². The zero-order chi connectivity index (χ0) is 23.2. The lowest BCUT2D eigenvalue weighted by molar-refractivity contribution is -0.142. The van der Waals surface area contributed by atoms with E-state index in [1.807, 2.05) is 13.8 Å². The van der Waals surface area contributed by atoms with Gasteiger partial charge >= 0.3 is 11.9 Å². The molecular weight excluding hydrogens is 372 g/mol. The normalized spacial score (nSPS) is 11.0. The molecule has 0 spiro atoms. The topological polar surface area (TPSA) is 144 Å². The van der Waals surface area contributed by atoms with Crippen molar-refractivity contribution in [2.24, 2.45) is 23.3 Å². The van der Waals surface area contributed by atoms with Gasteiger partial charge in [0.1, 0.15) is 0 Å². The monoisotopic (exact) mass is 416 g/mol. The van der Waals surface area contributed by atoms with Crippen molar-refractivity contribution < 1.29 is 24.6 Å². The first-order chi connectivity index (χ1) is 13.6. The number of hydrogen-bond donors (Lipinski definition) is 4. The fourth-order valence-electron chi connectivity index (χ4n) is 2.62. The number of carboxylic acid groups (broad SMARTS) is 2. The van der Waals surface area contributed by atoms with Crippen LogP contribution in [0.3, 0.4) is 0 Å². The quantitative estimate of drug-likeness (QED) is 0.310. The highest BCUT2D eigenvalue weighted by molar-refractivity contribution is 5.76. The first kappa shape index (κ1) is 31.8. The minimum atomic E-state index is -0.813. The summed E-state index contributed by atoms with van der Waals surface area (Å²) in [6.07, 6.45) is 9.71. The average molecular weight is 417 g/mol. The minimum absolute atomic E-state index is 0.102. The molecule has 7 nitrogen and oxygen atoms in total. The molecule has 1 atom stereocenters. The van der Waals surface area contributed by atoms with Gasteiger partial charge in [-0.1, -0.05) is 59.5 Å². The van der Waals surface area contributed by atoms with Gasteiger partial charge in [-0.25, -0.2) is 0 Å². The molecule has 29 heavy (non-hydrogen) atoms. The second kappa shape index (κ2) is 22.4. The molecule has 0 saturated heterocycles. The SMILES string of the molecule is C=CC(N)CCC(=O)O.CCCC(CCC)C(=O)O.CCCC(CCC)C(N)=O. The predicted molar refractivity (Wildman–Crippen MR) is 118 cm³/mol. The summed E-state index contributed by atoms with van der Waals surface area (Å²) < 4.78 is 0. The van der Waals surface area contributed by atoms with Gasteiger partial charge in [0, 0.05) is 18.4 Å². The number of hydrogen-bond acceptors (Lipinski definition) is 4. The van der Waals surface area contributed by atoms with Crippen LogP contribution in [-0.2, 0) is 14.4 Å². The Morgan fingerprint density at radius 1 is 0.828 bits per heavy atom. The maximum atomic E-state index is 10.7. The summed E-state index contributed by atoms with van der Waals surface area (Å²) in [5.41, 5.74) is 10.5. The Kier molecular flexibility index (Phi) is 24.6. The van der Waals surface area contributed by atoms with E-state index in [-0.39, 0.29) is 30.2 Å². The molecule has 0 aliphatic carbocycles. The van der Waals surface area contributed by atoms with Gasteiger partial charge in [0.15, 0.2) is 0 Å². The molecule has 0 radical (unpaired) electrons. The van der Waals surface area contributed by atoms with Crippen LogP contribution < -0.4 is 11.5 Å². The van der Waals surface area contributed by atoms with Crippen molar-refractivity contribution in [1.29, 1.82) is 0 Å². The summed E-state index contributed by atoms with van der Waals surface area (Å²) in [5, 5.41) is 16.8. The summed E-state index contributed by atoms with van der Waals surface area (Å²) in [7, 11) is 0. The van der Waals surface area contributed by atoms with Crippen LogP contribution in [0.4, 0.5) is 0 Å². The van der Waals surface area contributed by atoms with E-state index in [0.29, 0.717) is 6.42 Å². The molecule has 0 aromatic carbocycles. The number of carboxylic acids is 2. The predicted octanol–water partition coefficient (Wildman–Crippen LogP) is 4.34. The molecule has 6 N–H and O–H groups in total. The molecule has 1 unspecified atom stereocenters. The lowest BCUT2D eigenvalue weighted by atomic mass is 9.98. The summed E-state index contributed by atoms with van der Waals surface area (Å²) in [6, 6.07) is -0.180. The standard InChI is InChI=1S/C8H17NO.C8H16O2.C6H11NO2/c2*1-3-5-7(6-4-2)8(9)10;1-2-5(7)3-4-6(8)9/h7H,3-6H2,1-2H3,(H2,9,10);7H,3-6H2,1-2H3,(H,9,10);2,5H,1,3-4,7H2,(H,8,9). The highest BCUT2D eigenvalue weighted by Gasteiger charge is 2.14. The Balaban J connectivity index is -0.000000350. The van der Waals surface area contributed by atoms with Crippen LogP contribution in [-0.4, -0.2) is 34.1 Å². The molecule has 172 valence electrons. The van der Waals surface area contributed by atoms with Crippen LogP contribution in [0, 0.1) is 11.8 Å². The zero-order valence-electron chi connectivity index (χ0n) is 18.9. The van der Waals surface area contributed by atoms with Gasteiger partial charge in [-0.15, -0.1) is 6.58 Å². The van der Waals surface area contributed by atoms with Crippen LogP contribution >= 0.6 is 0 Å². The molecular formula is C22H44N2O5.